The van der Waals surface area contributed by atoms with E-state index in [1.54, 1.807) is 0 Å². The van der Waals surface area contributed by atoms with Gasteiger partial charge in [0.15, 0.2) is 0 Å². The normalized spacial score (nSPS) is 11.8. The third-order valence-corrected chi connectivity index (χ3v) is 2.50. The van der Waals surface area contributed by atoms with Crippen molar-refractivity contribution in [2.75, 3.05) is 6.54 Å². The molecule has 0 atom stereocenters. The summed E-state index contributed by atoms with van der Waals surface area (Å²) in [6.07, 6.45) is 1.81. The molecule has 0 aromatic heterocycles. The second-order valence-electron chi connectivity index (χ2n) is 5.00. The summed E-state index contributed by atoms with van der Waals surface area (Å²) in [6.45, 7) is 5.03. The first kappa shape index (κ1) is 14.1. The lowest BCUT2D eigenvalue weighted by Crippen LogP contribution is -2.32. The fourth-order valence-corrected chi connectivity index (χ4v) is 1.57. The van der Waals surface area contributed by atoms with Crippen molar-refractivity contribution in [2.45, 2.75) is 38.8 Å². The van der Waals surface area contributed by atoms with E-state index < -0.39 is 5.82 Å². The topological polar surface area (TPSA) is 38.0 Å². The average molecular weight is 242 g/mol. The maximum absolute atomic E-state index is 13.2. The molecule has 0 aliphatic carbocycles. The molecule has 0 radical (unpaired) electrons. The van der Waals surface area contributed by atoms with Gasteiger partial charge in [0.1, 0.15) is 11.6 Å². The Morgan fingerprint density at radius 1 is 1.29 bits per heavy atom. The standard InChI is InChI=1S/C13H20F2N2/c1-13(2,16)6-3-7-17-9-10-8-11(14)4-5-12(10)15/h4-5,8,17H,3,6-7,9,16H2,1-2H3. The van der Waals surface area contributed by atoms with E-state index in [2.05, 4.69) is 5.32 Å². The Morgan fingerprint density at radius 3 is 2.65 bits per heavy atom. The summed E-state index contributed by atoms with van der Waals surface area (Å²) in [7, 11) is 0. The molecule has 4 heteroatoms. The minimum atomic E-state index is -0.411. The summed E-state index contributed by atoms with van der Waals surface area (Å²) in [6, 6.07) is 3.49. The molecule has 17 heavy (non-hydrogen) atoms. The fraction of sp³-hybridized carbons (Fsp3) is 0.538. The van der Waals surface area contributed by atoms with Crippen molar-refractivity contribution < 1.29 is 8.78 Å². The Hall–Kier alpha value is -1.00. The molecule has 0 spiro atoms. The molecule has 0 heterocycles. The number of hydrogen-bond donors (Lipinski definition) is 2. The molecule has 0 unspecified atom stereocenters. The van der Waals surface area contributed by atoms with Crippen LogP contribution in [0.25, 0.3) is 0 Å². The first-order valence-corrected chi connectivity index (χ1v) is 5.82. The second kappa shape index (κ2) is 6.07. The Balaban J connectivity index is 2.29. The molecule has 1 aromatic carbocycles. The SMILES string of the molecule is CC(C)(N)CCCNCc1cc(F)ccc1F. The van der Waals surface area contributed by atoms with Gasteiger partial charge < -0.3 is 11.1 Å². The number of nitrogens with two attached hydrogens (primary N) is 1. The summed E-state index contributed by atoms with van der Waals surface area (Å²) >= 11 is 0. The predicted octanol–water partition coefficient (Wildman–Crippen LogP) is 2.57. The summed E-state index contributed by atoms with van der Waals surface area (Å²) in [5.74, 6) is -0.788. The highest BCUT2D eigenvalue weighted by Gasteiger charge is 2.09. The maximum atomic E-state index is 13.2. The van der Waals surface area contributed by atoms with Crippen molar-refractivity contribution in [3.63, 3.8) is 0 Å². The number of rotatable bonds is 6. The van der Waals surface area contributed by atoms with Crippen molar-refractivity contribution >= 4 is 0 Å². The van der Waals surface area contributed by atoms with Crippen LogP contribution in [-0.2, 0) is 6.54 Å². The lowest BCUT2D eigenvalue weighted by atomic mass is 10.0. The zero-order valence-corrected chi connectivity index (χ0v) is 10.4. The van der Waals surface area contributed by atoms with Crippen LogP contribution in [-0.4, -0.2) is 12.1 Å². The van der Waals surface area contributed by atoms with Gasteiger partial charge in [-0.2, -0.15) is 0 Å². The zero-order chi connectivity index (χ0) is 12.9. The van der Waals surface area contributed by atoms with Gasteiger partial charge in [-0.3, -0.25) is 0 Å². The molecular formula is C13H20F2N2. The van der Waals surface area contributed by atoms with Crippen molar-refractivity contribution in [1.82, 2.24) is 5.32 Å². The van der Waals surface area contributed by atoms with Gasteiger partial charge in [-0.05, 0) is 51.4 Å². The molecule has 3 N–H and O–H groups in total. The van der Waals surface area contributed by atoms with Crippen LogP contribution in [0.15, 0.2) is 18.2 Å². The second-order valence-corrected chi connectivity index (χ2v) is 5.00. The van der Waals surface area contributed by atoms with Crippen LogP contribution in [0.5, 0.6) is 0 Å². The van der Waals surface area contributed by atoms with Crippen molar-refractivity contribution in [1.29, 1.82) is 0 Å². The molecule has 1 aromatic rings. The highest BCUT2D eigenvalue weighted by molar-refractivity contribution is 5.18. The van der Waals surface area contributed by atoms with Gasteiger partial charge in [-0.25, -0.2) is 8.78 Å². The lowest BCUT2D eigenvalue weighted by Gasteiger charge is -2.18. The van der Waals surface area contributed by atoms with Crippen molar-refractivity contribution in [2.24, 2.45) is 5.73 Å². The molecule has 0 bridgehead atoms. The Morgan fingerprint density at radius 2 is 2.00 bits per heavy atom. The molecule has 96 valence electrons. The highest BCUT2D eigenvalue weighted by Crippen LogP contribution is 2.10. The van der Waals surface area contributed by atoms with Crippen molar-refractivity contribution in [3.8, 4) is 0 Å². The summed E-state index contributed by atoms with van der Waals surface area (Å²) in [5, 5.41) is 3.08. The first-order chi connectivity index (χ1) is 7.88. The third kappa shape index (κ3) is 5.75. The molecule has 2 nitrogen and oxygen atoms in total. The molecule has 0 amide bonds. The summed E-state index contributed by atoms with van der Waals surface area (Å²) < 4.78 is 26.1. The average Bonchev–Trinajstić information content (AvgIpc) is 2.21. The van der Waals surface area contributed by atoms with Gasteiger partial charge >= 0.3 is 0 Å². The Labute approximate surface area is 101 Å². The van der Waals surface area contributed by atoms with Crippen LogP contribution in [0.4, 0.5) is 8.78 Å². The van der Waals surface area contributed by atoms with E-state index in [4.69, 9.17) is 5.73 Å². The largest absolute Gasteiger partial charge is 0.326 e. The Kier molecular flexibility index (Phi) is 5.02. The third-order valence-electron chi connectivity index (χ3n) is 2.50. The van der Waals surface area contributed by atoms with Crippen LogP contribution in [0, 0.1) is 11.6 Å². The van der Waals surface area contributed by atoms with Crippen molar-refractivity contribution in [3.05, 3.63) is 35.4 Å². The molecule has 0 fully saturated rings. The minimum absolute atomic E-state index is 0.175. The molecule has 0 saturated carbocycles. The monoisotopic (exact) mass is 242 g/mol. The van der Waals surface area contributed by atoms with Crippen LogP contribution in [0.3, 0.4) is 0 Å². The molecule has 0 saturated heterocycles. The van der Waals surface area contributed by atoms with E-state index in [9.17, 15) is 8.78 Å². The van der Waals surface area contributed by atoms with E-state index in [0.717, 1.165) is 31.5 Å². The minimum Gasteiger partial charge on any atom is -0.326 e. The van der Waals surface area contributed by atoms with Gasteiger partial charge in [0.25, 0.3) is 0 Å². The highest BCUT2D eigenvalue weighted by atomic mass is 19.1. The van der Waals surface area contributed by atoms with Crippen LogP contribution < -0.4 is 11.1 Å². The van der Waals surface area contributed by atoms with E-state index in [1.165, 1.54) is 6.07 Å². The van der Waals surface area contributed by atoms with E-state index in [0.29, 0.717) is 12.1 Å². The number of benzene rings is 1. The van der Waals surface area contributed by atoms with E-state index in [-0.39, 0.29) is 11.4 Å². The quantitative estimate of drug-likeness (QED) is 0.752. The van der Waals surface area contributed by atoms with Gasteiger partial charge in [0, 0.05) is 17.6 Å². The van der Waals surface area contributed by atoms with Crippen LogP contribution in [0.2, 0.25) is 0 Å². The van der Waals surface area contributed by atoms with Gasteiger partial charge in [-0.1, -0.05) is 0 Å². The van der Waals surface area contributed by atoms with Gasteiger partial charge in [0.2, 0.25) is 0 Å². The maximum Gasteiger partial charge on any atom is 0.127 e. The predicted molar refractivity (Wildman–Crippen MR) is 65.6 cm³/mol. The number of hydrogen-bond acceptors (Lipinski definition) is 2. The number of nitrogens with one attached hydrogen (secondary N) is 1. The van der Waals surface area contributed by atoms with E-state index in [1.807, 2.05) is 13.8 Å². The molecular weight excluding hydrogens is 222 g/mol. The zero-order valence-electron chi connectivity index (χ0n) is 10.4. The van der Waals surface area contributed by atoms with Crippen LogP contribution >= 0.6 is 0 Å². The molecule has 0 aliphatic heterocycles. The lowest BCUT2D eigenvalue weighted by molar-refractivity contribution is 0.447. The summed E-state index contributed by atoms with van der Waals surface area (Å²) in [4.78, 5) is 0. The fourth-order valence-electron chi connectivity index (χ4n) is 1.57. The number of halogens is 2. The van der Waals surface area contributed by atoms with Gasteiger partial charge in [0.05, 0.1) is 0 Å². The molecule has 0 aliphatic rings. The first-order valence-electron chi connectivity index (χ1n) is 5.82. The van der Waals surface area contributed by atoms with Crippen LogP contribution in [0.1, 0.15) is 32.3 Å². The van der Waals surface area contributed by atoms with E-state index >= 15 is 0 Å². The smallest absolute Gasteiger partial charge is 0.127 e. The summed E-state index contributed by atoms with van der Waals surface area (Å²) in [5.41, 5.74) is 6.02. The van der Waals surface area contributed by atoms with Gasteiger partial charge in [-0.15, -0.1) is 0 Å². The molecule has 1 rings (SSSR count). The Bertz CT molecular complexity index is 359.